The predicted octanol–water partition coefficient (Wildman–Crippen LogP) is 3.02. The molecule has 2 rings (SSSR count). The fourth-order valence-electron chi connectivity index (χ4n) is 1.87. The summed E-state index contributed by atoms with van der Waals surface area (Å²) >= 11 is 1.71. The standard InChI is InChI=1S/C14H18N2OS/c1-3-17-12-7-5-4-6-11(12)14-10(2)16-13(18-14)8-9-15/h4-7H,3,8-9,15H2,1-2H3. The van der Waals surface area contributed by atoms with Gasteiger partial charge in [0.15, 0.2) is 0 Å². The van der Waals surface area contributed by atoms with Crippen LogP contribution in [0, 0.1) is 6.92 Å². The zero-order chi connectivity index (χ0) is 13.0. The Morgan fingerprint density at radius 2 is 2.11 bits per heavy atom. The largest absolute Gasteiger partial charge is 0.493 e. The normalized spacial score (nSPS) is 10.6. The van der Waals surface area contributed by atoms with Crippen molar-refractivity contribution in [1.82, 2.24) is 4.98 Å². The van der Waals surface area contributed by atoms with Crippen molar-refractivity contribution in [3.8, 4) is 16.2 Å². The van der Waals surface area contributed by atoms with Gasteiger partial charge in [-0.1, -0.05) is 12.1 Å². The van der Waals surface area contributed by atoms with E-state index in [4.69, 9.17) is 10.5 Å². The van der Waals surface area contributed by atoms with E-state index in [0.29, 0.717) is 13.2 Å². The lowest BCUT2D eigenvalue weighted by Gasteiger charge is -2.08. The molecule has 3 nitrogen and oxygen atoms in total. The number of ether oxygens (including phenoxy) is 1. The van der Waals surface area contributed by atoms with Crippen LogP contribution in [0.2, 0.25) is 0 Å². The van der Waals surface area contributed by atoms with Gasteiger partial charge >= 0.3 is 0 Å². The third-order valence-electron chi connectivity index (χ3n) is 2.63. The smallest absolute Gasteiger partial charge is 0.127 e. The molecule has 0 unspecified atom stereocenters. The minimum Gasteiger partial charge on any atom is -0.493 e. The van der Waals surface area contributed by atoms with Crippen molar-refractivity contribution in [2.75, 3.05) is 13.2 Å². The molecule has 0 bridgehead atoms. The number of nitrogens with two attached hydrogens (primary N) is 1. The van der Waals surface area contributed by atoms with Gasteiger partial charge in [0.2, 0.25) is 0 Å². The average molecular weight is 262 g/mol. The lowest BCUT2D eigenvalue weighted by atomic mass is 10.1. The third-order valence-corrected chi connectivity index (χ3v) is 3.88. The molecular formula is C14H18N2OS. The number of nitrogens with zero attached hydrogens (tertiary/aromatic N) is 1. The highest BCUT2D eigenvalue weighted by Crippen LogP contribution is 2.36. The van der Waals surface area contributed by atoms with E-state index in [2.05, 4.69) is 11.1 Å². The lowest BCUT2D eigenvalue weighted by molar-refractivity contribution is 0.341. The molecule has 0 saturated heterocycles. The molecule has 2 aromatic rings. The Bertz CT molecular complexity index is 522. The van der Waals surface area contributed by atoms with Crippen molar-refractivity contribution in [2.24, 2.45) is 5.73 Å². The summed E-state index contributed by atoms with van der Waals surface area (Å²) in [6.45, 7) is 5.34. The van der Waals surface area contributed by atoms with Gasteiger partial charge in [-0.3, -0.25) is 0 Å². The van der Waals surface area contributed by atoms with E-state index in [1.54, 1.807) is 11.3 Å². The summed E-state index contributed by atoms with van der Waals surface area (Å²) in [4.78, 5) is 5.74. The number of aryl methyl sites for hydroxylation is 1. The second kappa shape index (κ2) is 5.98. The molecule has 0 aliphatic carbocycles. The Labute approximate surface area is 112 Å². The number of rotatable bonds is 5. The molecule has 18 heavy (non-hydrogen) atoms. The predicted molar refractivity (Wildman–Crippen MR) is 76.2 cm³/mol. The van der Waals surface area contributed by atoms with E-state index < -0.39 is 0 Å². The van der Waals surface area contributed by atoms with Crippen molar-refractivity contribution in [3.05, 3.63) is 35.0 Å². The van der Waals surface area contributed by atoms with Crippen molar-refractivity contribution < 1.29 is 4.74 Å². The fraction of sp³-hybridized carbons (Fsp3) is 0.357. The van der Waals surface area contributed by atoms with Crippen molar-refractivity contribution in [3.63, 3.8) is 0 Å². The molecule has 0 radical (unpaired) electrons. The van der Waals surface area contributed by atoms with Crippen LogP contribution < -0.4 is 10.5 Å². The van der Waals surface area contributed by atoms with Crippen LogP contribution in [-0.2, 0) is 6.42 Å². The van der Waals surface area contributed by atoms with Crippen LogP contribution in [0.4, 0.5) is 0 Å². The van der Waals surface area contributed by atoms with Crippen LogP contribution in [-0.4, -0.2) is 18.1 Å². The van der Waals surface area contributed by atoms with Crippen LogP contribution in [0.25, 0.3) is 10.4 Å². The van der Waals surface area contributed by atoms with Crippen molar-refractivity contribution in [2.45, 2.75) is 20.3 Å². The van der Waals surface area contributed by atoms with E-state index in [1.807, 2.05) is 32.0 Å². The summed E-state index contributed by atoms with van der Waals surface area (Å²) in [5, 5.41) is 1.09. The van der Waals surface area contributed by atoms with E-state index in [-0.39, 0.29) is 0 Å². The Balaban J connectivity index is 2.41. The molecule has 0 spiro atoms. The molecule has 96 valence electrons. The molecular weight excluding hydrogens is 244 g/mol. The zero-order valence-electron chi connectivity index (χ0n) is 10.8. The Hall–Kier alpha value is -1.39. The molecule has 0 amide bonds. The highest BCUT2D eigenvalue weighted by Gasteiger charge is 2.13. The van der Waals surface area contributed by atoms with E-state index in [0.717, 1.165) is 28.4 Å². The van der Waals surface area contributed by atoms with Gasteiger partial charge in [0.1, 0.15) is 5.75 Å². The summed E-state index contributed by atoms with van der Waals surface area (Å²) in [6.07, 6.45) is 0.836. The SMILES string of the molecule is CCOc1ccccc1-c1sc(CCN)nc1C. The second-order valence-corrected chi connectivity index (χ2v) is 5.07. The molecule has 0 aliphatic rings. The Kier molecular flexibility index (Phi) is 4.33. The van der Waals surface area contributed by atoms with Crippen molar-refractivity contribution in [1.29, 1.82) is 0 Å². The van der Waals surface area contributed by atoms with Gasteiger partial charge in [-0.2, -0.15) is 0 Å². The number of hydrogen-bond donors (Lipinski definition) is 1. The highest BCUT2D eigenvalue weighted by atomic mass is 32.1. The third kappa shape index (κ3) is 2.71. The monoisotopic (exact) mass is 262 g/mol. The van der Waals surface area contributed by atoms with Gasteiger partial charge in [0.25, 0.3) is 0 Å². The van der Waals surface area contributed by atoms with Crippen LogP contribution >= 0.6 is 11.3 Å². The summed E-state index contributed by atoms with van der Waals surface area (Å²) in [7, 11) is 0. The number of para-hydroxylation sites is 1. The topological polar surface area (TPSA) is 48.1 Å². The molecule has 1 aromatic carbocycles. The molecule has 0 aliphatic heterocycles. The number of hydrogen-bond acceptors (Lipinski definition) is 4. The minimum atomic E-state index is 0.638. The average Bonchev–Trinajstić information content (AvgIpc) is 2.72. The van der Waals surface area contributed by atoms with E-state index in [9.17, 15) is 0 Å². The molecule has 0 saturated carbocycles. The van der Waals surface area contributed by atoms with Gasteiger partial charge in [-0.05, 0) is 32.5 Å². The number of thiazole rings is 1. The summed E-state index contributed by atoms with van der Waals surface area (Å²) < 4.78 is 5.67. The quantitative estimate of drug-likeness (QED) is 0.901. The maximum absolute atomic E-state index is 5.67. The first kappa shape index (κ1) is 13.1. The Morgan fingerprint density at radius 3 is 2.83 bits per heavy atom. The molecule has 4 heteroatoms. The van der Waals surface area contributed by atoms with Gasteiger partial charge in [0.05, 0.1) is 22.2 Å². The first-order valence-electron chi connectivity index (χ1n) is 6.14. The Morgan fingerprint density at radius 1 is 1.33 bits per heavy atom. The minimum absolute atomic E-state index is 0.638. The van der Waals surface area contributed by atoms with Gasteiger partial charge < -0.3 is 10.5 Å². The summed E-state index contributed by atoms with van der Waals surface area (Å²) in [5.74, 6) is 0.922. The molecule has 2 N–H and O–H groups in total. The van der Waals surface area contributed by atoms with Crippen LogP contribution in [0.3, 0.4) is 0 Å². The van der Waals surface area contributed by atoms with Crippen LogP contribution in [0.15, 0.2) is 24.3 Å². The maximum Gasteiger partial charge on any atom is 0.127 e. The number of aromatic nitrogens is 1. The fourth-order valence-corrected chi connectivity index (χ4v) is 2.98. The van der Waals surface area contributed by atoms with Gasteiger partial charge in [-0.25, -0.2) is 4.98 Å². The highest BCUT2D eigenvalue weighted by molar-refractivity contribution is 7.15. The first-order chi connectivity index (χ1) is 8.76. The molecule has 0 atom stereocenters. The zero-order valence-corrected chi connectivity index (χ0v) is 11.6. The molecule has 1 aromatic heterocycles. The maximum atomic E-state index is 5.67. The van der Waals surface area contributed by atoms with Gasteiger partial charge in [-0.15, -0.1) is 11.3 Å². The lowest BCUT2D eigenvalue weighted by Crippen LogP contribution is -2.01. The van der Waals surface area contributed by atoms with Crippen molar-refractivity contribution >= 4 is 11.3 Å². The van der Waals surface area contributed by atoms with Crippen LogP contribution in [0.1, 0.15) is 17.6 Å². The van der Waals surface area contributed by atoms with Crippen LogP contribution in [0.5, 0.6) is 5.75 Å². The summed E-state index contributed by atoms with van der Waals surface area (Å²) in [5.41, 5.74) is 7.75. The number of benzene rings is 1. The molecule has 1 heterocycles. The molecule has 0 fully saturated rings. The van der Waals surface area contributed by atoms with E-state index >= 15 is 0 Å². The first-order valence-corrected chi connectivity index (χ1v) is 6.96. The second-order valence-electron chi connectivity index (χ2n) is 3.99. The van der Waals surface area contributed by atoms with Gasteiger partial charge in [0, 0.05) is 12.0 Å². The summed E-state index contributed by atoms with van der Waals surface area (Å²) in [6, 6.07) is 8.10. The van der Waals surface area contributed by atoms with E-state index in [1.165, 1.54) is 4.88 Å².